The second kappa shape index (κ2) is 5.97. The molecular formula is C15H22N4. The Hall–Kier alpha value is -1.68. The van der Waals surface area contributed by atoms with Crippen LogP contribution in [-0.2, 0) is 0 Å². The number of benzene rings is 1. The van der Waals surface area contributed by atoms with Gasteiger partial charge in [-0.25, -0.2) is 0 Å². The molecule has 1 unspecified atom stereocenters. The molecule has 0 spiro atoms. The first kappa shape index (κ1) is 13.7. The highest BCUT2D eigenvalue weighted by Crippen LogP contribution is 2.22. The summed E-state index contributed by atoms with van der Waals surface area (Å²) in [5.74, 6) is 0. The van der Waals surface area contributed by atoms with Gasteiger partial charge < -0.3 is 4.90 Å². The van der Waals surface area contributed by atoms with Crippen molar-refractivity contribution >= 4 is 0 Å². The molecule has 4 nitrogen and oxygen atoms in total. The van der Waals surface area contributed by atoms with Gasteiger partial charge in [-0.2, -0.15) is 15.0 Å². The van der Waals surface area contributed by atoms with E-state index in [0.29, 0.717) is 0 Å². The molecule has 0 N–H and O–H groups in total. The van der Waals surface area contributed by atoms with E-state index in [2.05, 4.69) is 61.2 Å². The van der Waals surface area contributed by atoms with Gasteiger partial charge in [-0.15, -0.1) is 0 Å². The molecular weight excluding hydrogens is 236 g/mol. The van der Waals surface area contributed by atoms with Crippen molar-refractivity contribution in [2.45, 2.75) is 26.3 Å². The Morgan fingerprint density at radius 3 is 2.37 bits per heavy atom. The van der Waals surface area contributed by atoms with Crippen LogP contribution in [0, 0.1) is 13.8 Å². The maximum Gasteiger partial charge on any atom is 0.0977 e. The Labute approximate surface area is 115 Å². The molecule has 1 aromatic carbocycles. The third-order valence-corrected chi connectivity index (χ3v) is 3.48. The molecule has 0 fully saturated rings. The molecule has 0 amide bonds. The van der Waals surface area contributed by atoms with Crippen molar-refractivity contribution in [3.63, 3.8) is 0 Å². The van der Waals surface area contributed by atoms with Gasteiger partial charge in [0.25, 0.3) is 0 Å². The summed E-state index contributed by atoms with van der Waals surface area (Å²) >= 11 is 0. The molecule has 0 saturated heterocycles. The summed E-state index contributed by atoms with van der Waals surface area (Å²) in [6, 6.07) is 6.82. The lowest BCUT2D eigenvalue weighted by Crippen LogP contribution is -2.21. The number of aromatic nitrogens is 3. The van der Waals surface area contributed by atoms with Crippen molar-refractivity contribution in [1.82, 2.24) is 19.9 Å². The number of aryl methyl sites for hydroxylation is 2. The number of hydrogen-bond acceptors (Lipinski definition) is 3. The Balaban J connectivity index is 2.28. The molecule has 0 bridgehead atoms. The molecule has 2 rings (SSSR count). The highest BCUT2D eigenvalue weighted by Gasteiger charge is 2.16. The zero-order valence-corrected chi connectivity index (χ0v) is 12.2. The molecule has 0 saturated carbocycles. The fourth-order valence-corrected chi connectivity index (χ4v) is 2.15. The van der Waals surface area contributed by atoms with E-state index in [4.69, 9.17) is 0 Å². The first-order chi connectivity index (χ1) is 9.08. The van der Waals surface area contributed by atoms with E-state index < -0.39 is 0 Å². The molecule has 1 heterocycles. The molecule has 0 aliphatic heterocycles. The predicted molar refractivity (Wildman–Crippen MR) is 77.2 cm³/mol. The monoisotopic (exact) mass is 258 g/mol. The maximum atomic E-state index is 4.31. The SMILES string of the molecule is Cc1ccc(C(CCN(C)C)n2nccn2)cc1C. The Bertz CT molecular complexity index is 517. The van der Waals surface area contributed by atoms with Crippen LogP contribution < -0.4 is 0 Å². The quantitative estimate of drug-likeness (QED) is 0.826. The van der Waals surface area contributed by atoms with Crippen LogP contribution in [-0.4, -0.2) is 40.5 Å². The predicted octanol–water partition coefficient (Wildman–Crippen LogP) is 2.44. The fourth-order valence-electron chi connectivity index (χ4n) is 2.15. The number of hydrogen-bond donors (Lipinski definition) is 0. The van der Waals surface area contributed by atoms with Crippen molar-refractivity contribution in [2.75, 3.05) is 20.6 Å². The Morgan fingerprint density at radius 1 is 1.11 bits per heavy atom. The van der Waals surface area contributed by atoms with Crippen LogP contribution in [0.4, 0.5) is 0 Å². The molecule has 19 heavy (non-hydrogen) atoms. The van der Waals surface area contributed by atoms with Gasteiger partial charge in [0.15, 0.2) is 0 Å². The van der Waals surface area contributed by atoms with E-state index in [0.717, 1.165) is 13.0 Å². The highest BCUT2D eigenvalue weighted by molar-refractivity contribution is 5.31. The second-order valence-corrected chi connectivity index (χ2v) is 5.30. The lowest BCUT2D eigenvalue weighted by Gasteiger charge is -2.20. The van der Waals surface area contributed by atoms with Crippen molar-refractivity contribution in [1.29, 1.82) is 0 Å². The summed E-state index contributed by atoms with van der Waals surface area (Å²) in [7, 11) is 4.18. The van der Waals surface area contributed by atoms with Crippen LogP contribution in [0.15, 0.2) is 30.6 Å². The minimum absolute atomic E-state index is 0.205. The maximum absolute atomic E-state index is 4.31. The van der Waals surface area contributed by atoms with E-state index in [1.54, 1.807) is 12.4 Å². The molecule has 2 aromatic rings. The Kier molecular flexibility index (Phi) is 4.32. The third-order valence-electron chi connectivity index (χ3n) is 3.48. The highest BCUT2D eigenvalue weighted by atomic mass is 15.5. The number of rotatable bonds is 5. The molecule has 0 radical (unpaired) electrons. The standard InChI is InChI=1S/C15H22N4/c1-12-5-6-14(11-13(12)2)15(7-10-18(3)4)19-16-8-9-17-19/h5-6,8-9,11,15H,7,10H2,1-4H3. The normalized spacial score (nSPS) is 12.9. The molecule has 1 aromatic heterocycles. The van der Waals surface area contributed by atoms with Gasteiger partial charge in [-0.05, 0) is 57.6 Å². The molecule has 4 heteroatoms. The Morgan fingerprint density at radius 2 is 1.79 bits per heavy atom. The first-order valence-electron chi connectivity index (χ1n) is 6.65. The van der Waals surface area contributed by atoms with E-state index >= 15 is 0 Å². The third kappa shape index (κ3) is 3.41. The minimum atomic E-state index is 0.205. The molecule has 102 valence electrons. The van der Waals surface area contributed by atoms with Gasteiger partial charge in [0.1, 0.15) is 0 Å². The lowest BCUT2D eigenvalue weighted by molar-refractivity contribution is 0.342. The van der Waals surface area contributed by atoms with Gasteiger partial charge in [-0.3, -0.25) is 0 Å². The summed E-state index contributed by atoms with van der Waals surface area (Å²) in [5.41, 5.74) is 3.92. The summed E-state index contributed by atoms with van der Waals surface area (Å²) in [6.07, 6.45) is 4.48. The van der Waals surface area contributed by atoms with Crippen molar-refractivity contribution in [2.24, 2.45) is 0 Å². The van der Waals surface area contributed by atoms with Gasteiger partial charge in [0.2, 0.25) is 0 Å². The van der Waals surface area contributed by atoms with Gasteiger partial charge in [0.05, 0.1) is 18.4 Å². The molecule has 1 atom stereocenters. The minimum Gasteiger partial charge on any atom is -0.309 e. The van der Waals surface area contributed by atoms with Gasteiger partial charge in [0, 0.05) is 0 Å². The first-order valence-corrected chi connectivity index (χ1v) is 6.65. The van der Waals surface area contributed by atoms with Gasteiger partial charge >= 0.3 is 0 Å². The van der Waals surface area contributed by atoms with Crippen LogP contribution in [0.3, 0.4) is 0 Å². The second-order valence-electron chi connectivity index (χ2n) is 5.30. The summed E-state index contributed by atoms with van der Waals surface area (Å²) in [5, 5.41) is 8.62. The van der Waals surface area contributed by atoms with E-state index in [1.807, 2.05) is 4.80 Å². The van der Waals surface area contributed by atoms with Crippen LogP contribution >= 0.6 is 0 Å². The van der Waals surface area contributed by atoms with Crippen LogP contribution in [0.25, 0.3) is 0 Å². The summed E-state index contributed by atoms with van der Waals surface area (Å²) in [4.78, 5) is 4.01. The van der Waals surface area contributed by atoms with Crippen LogP contribution in [0.2, 0.25) is 0 Å². The largest absolute Gasteiger partial charge is 0.309 e. The van der Waals surface area contributed by atoms with E-state index in [9.17, 15) is 0 Å². The fraction of sp³-hybridized carbons (Fsp3) is 0.467. The van der Waals surface area contributed by atoms with Crippen molar-refractivity contribution in [3.05, 3.63) is 47.3 Å². The average Bonchev–Trinajstić information content (AvgIpc) is 2.87. The number of nitrogens with zero attached hydrogens (tertiary/aromatic N) is 4. The zero-order valence-electron chi connectivity index (χ0n) is 12.2. The lowest BCUT2D eigenvalue weighted by atomic mass is 9.99. The van der Waals surface area contributed by atoms with Crippen molar-refractivity contribution in [3.8, 4) is 0 Å². The smallest absolute Gasteiger partial charge is 0.0977 e. The average molecular weight is 258 g/mol. The van der Waals surface area contributed by atoms with Gasteiger partial charge in [-0.1, -0.05) is 18.2 Å². The van der Waals surface area contributed by atoms with E-state index in [-0.39, 0.29) is 6.04 Å². The summed E-state index contributed by atoms with van der Waals surface area (Å²) < 4.78 is 0. The topological polar surface area (TPSA) is 34.0 Å². The van der Waals surface area contributed by atoms with Crippen LogP contribution in [0.1, 0.15) is 29.2 Å². The van der Waals surface area contributed by atoms with Crippen molar-refractivity contribution < 1.29 is 0 Å². The summed E-state index contributed by atoms with van der Waals surface area (Å²) in [6.45, 7) is 5.30. The zero-order chi connectivity index (χ0) is 13.8. The molecule has 0 aliphatic rings. The van der Waals surface area contributed by atoms with Crippen LogP contribution in [0.5, 0.6) is 0 Å². The van der Waals surface area contributed by atoms with E-state index in [1.165, 1.54) is 16.7 Å². The molecule has 0 aliphatic carbocycles.